The van der Waals surface area contributed by atoms with Gasteiger partial charge in [-0.3, -0.25) is 9.59 Å². The lowest BCUT2D eigenvalue weighted by molar-refractivity contribution is -0.132. The van der Waals surface area contributed by atoms with Gasteiger partial charge in [-0.05, 0) is 49.9 Å². The van der Waals surface area contributed by atoms with E-state index < -0.39 is 5.54 Å². The van der Waals surface area contributed by atoms with Crippen LogP contribution in [0.25, 0.3) is 0 Å². The van der Waals surface area contributed by atoms with E-state index in [1.54, 1.807) is 0 Å². The molecule has 2 unspecified atom stereocenters. The van der Waals surface area contributed by atoms with Crippen LogP contribution in [0.5, 0.6) is 0 Å². The molecule has 1 N–H and O–H groups in total. The quantitative estimate of drug-likeness (QED) is 0.845. The van der Waals surface area contributed by atoms with Crippen molar-refractivity contribution < 1.29 is 9.59 Å². The first kappa shape index (κ1) is 18.0. The molecular weight excluding hydrogens is 288 g/mol. The van der Waals surface area contributed by atoms with Gasteiger partial charge in [0.05, 0.1) is 6.07 Å². The zero-order valence-electron chi connectivity index (χ0n) is 14.9. The van der Waals surface area contributed by atoms with Crippen LogP contribution in [0.1, 0.15) is 72.6 Å². The van der Waals surface area contributed by atoms with Crippen LogP contribution < -0.4 is 5.32 Å². The average molecular weight is 318 g/mol. The molecule has 0 aromatic carbocycles. The molecule has 2 aliphatic rings. The van der Waals surface area contributed by atoms with Crippen molar-refractivity contribution in [2.45, 2.75) is 78.2 Å². The van der Waals surface area contributed by atoms with Crippen molar-refractivity contribution in [3.63, 3.8) is 0 Å². The average Bonchev–Trinajstić information content (AvgIpc) is 2.49. The number of ketones is 1. The Morgan fingerprint density at radius 3 is 2.35 bits per heavy atom. The maximum absolute atomic E-state index is 12.6. The highest BCUT2D eigenvalue weighted by Crippen LogP contribution is 2.41. The molecule has 4 nitrogen and oxygen atoms in total. The Morgan fingerprint density at radius 1 is 1.26 bits per heavy atom. The van der Waals surface area contributed by atoms with Crippen molar-refractivity contribution in [1.29, 1.82) is 5.26 Å². The monoisotopic (exact) mass is 318 g/mol. The lowest BCUT2D eigenvalue weighted by atomic mass is 9.67. The molecule has 0 aromatic rings. The van der Waals surface area contributed by atoms with Crippen molar-refractivity contribution in [2.24, 2.45) is 23.2 Å². The Labute approximate surface area is 140 Å². The van der Waals surface area contributed by atoms with Crippen LogP contribution in [0.15, 0.2) is 0 Å². The van der Waals surface area contributed by atoms with Crippen LogP contribution in [0.4, 0.5) is 0 Å². The molecule has 2 rings (SSSR count). The summed E-state index contributed by atoms with van der Waals surface area (Å²) in [6.07, 6.45) is 5.17. The third-order valence-electron chi connectivity index (χ3n) is 5.94. The van der Waals surface area contributed by atoms with Crippen molar-refractivity contribution in [2.75, 3.05) is 0 Å². The van der Waals surface area contributed by atoms with Crippen molar-refractivity contribution in [3.05, 3.63) is 0 Å². The zero-order valence-corrected chi connectivity index (χ0v) is 14.9. The SMILES string of the molecule is CC1CC(C(=O)NC2(C#N)CCC(C(C)(C)C)CC2)CCC1=O. The predicted molar refractivity (Wildman–Crippen MR) is 89.4 cm³/mol. The number of rotatable bonds is 2. The second-order valence-electron chi connectivity index (χ2n) is 8.66. The van der Waals surface area contributed by atoms with E-state index in [2.05, 4.69) is 32.2 Å². The topological polar surface area (TPSA) is 70.0 Å². The summed E-state index contributed by atoms with van der Waals surface area (Å²) in [5, 5.41) is 12.7. The Morgan fingerprint density at radius 2 is 1.87 bits per heavy atom. The number of amides is 1. The number of Topliss-reactive ketones (excluding diaryl/α,β-unsaturated/α-hetero) is 1. The standard InChI is InChI=1S/C19H30N2O2/c1-13-11-14(5-6-16(13)22)17(23)21-19(12-20)9-7-15(8-10-19)18(2,3)4/h13-15H,5-11H2,1-4H3,(H,21,23). The van der Waals surface area contributed by atoms with Gasteiger partial charge in [0.25, 0.3) is 0 Å². The zero-order chi connectivity index (χ0) is 17.3. The third-order valence-corrected chi connectivity index (χ3v) is 5.94. The first-order valence-corrected chi connectivity index (χ1v) is 8.93. The van der Waals surface area contributed by atoms with Gasteiger partial charge in [-0.2, -0.15) is 5.26 Å². The first-order chi connectivity index (χ1) is 10.7. The van der Waals surface area contributed by atoms with Crippen molar-refractivity contribution in [1.82, 2.24) is 5.32 Å². The summed E-state index contributed by atoms with van der Waals surface area (Å²) in [5.41, 5.74) is -0.450. The molecule has 128 valence electrons. The molecule has 2 aliphatic carbocycles. The molecule has 0 bridgehead atoms. The molecule has 2 saturated carbocycles. The smallest absolute Gasteiger partial charge is 0.224 e. The second kappa shape index (κ2) is 6.63. The molecule has 0 radical (unpaired) electrons. The van der Waals surface area contributed by atoms with E-state index in [0.29, 0.717) is 25.2 Å². The maximum Gasteiger partial charge on any atom is 0.224 e. The molecule has 23 heavy (non-hydrogen) atoms. The number of hydrogen-bond acceptors (Lipinski definition) is 3. The van der Waals surface area contributed by atoms with Gasteiger partial charge >= 0.3 is 0 Å². The molecule has 0 spiro atoms. The number of carbonyl (C=O) groups is 2. The summed E-state index contributed by atoms with van der Waals surface area (Å²) in [4.78, 5) is 24.2. The molecular formula is C19H30N2O2. The molecule has 4 heteroatoms. The normalized spacial score (nSPS) is 35.4. The van der Waals surface area contributed by atoms with Crippen LogP contribution in [0.3, 0.4) is 0 Å². The summed E-state index contributed by atoms with van der Waals surface area (Å²) >= 11 is 0. The van der Waals surface area contributed by atoms with E-state index in [1.807, 2.05) is 6.92 Å². The highest BCUT2D eigenvalue weighted by atomic mass is 16.2. The fourth-order valence-electron chi connectivity index (χ4n) is 4.06. The van der Waals surface area contributed by atoms with Gasteiger partial charge in [0, 0.05) is 18.3 Å². The molecule has 0 heterocycles. The summed E-state index contributed by atoms with van der Waals surface area (Å²) in [6, 6.07) is 2.38. The van der Waals surface area contributed by atoms with E-state index in [0.717, 1.165) is 25.7 Å². The minimum absolute atomic E-state index is 0.0277. The number of nitrogens with zero attached hydrogens (tertiary/aromatic N) is 1. The second-order valence-corrected chi connectivity index (χ2v) is 8.66. The number of carbonyl (C=O) groups excluding carboxylic acids is 2. The Kier molecular flexibility index (Phi) is 5.18. The lowest BCUT2D eigenvalue weighted by Gasteiger charge is -2.41. The number of hydrogen-bond donors (Lipinski definition) is 1. The van der Waals surface area contributed by atoms with E-state index >= 15 is 0 Å². The lowest BCUT2D eigenvalue weighted by Crippen LogP contribution is -2.52. The summed E-state index contributed by atoms with van der Waals surface area (Å²) in [6.45, 7) is 8.64. The van der Waals surface area contributed by atoms with Crippen LogP contribution >= 0.6 is 0 Å². The van der Waals surface area contributed by atoms with Crippen LogP contribution in [-0.2, 0) is 9.59 Å². The van der Waals surface area contributed by atoms with Gasteiger partial charge in [0.15, 0.2) is 0 Å². The summed E-state index contributed by atoms with van der Waals surface area (Å²) in [5.74, 6) is 0.686. The van der Waals surface area contributed by atoms with Gasteiger partial charge in [-0.25, -0.2) is 0 Å². The Balaban J connectivity index is 1.96. The molecule has 0 saturated heterocycles. The highest BCUT2D eigenvalue weighted by molar-refractivity contribution is 5.86. The fourth-order valence-corrected chi connectivity index (χ4v) is 4.06. The maximum atomic E-state index is 12.6. The summed E-state index contributed by atoms with van der Waals surface area (Å²) in [7, 11) is 0. The minimum Gasteiger partial charge on any atom is -0.338 e. The van der Waals surface area contributed by atoms with E-state index in [4.69, 9.17) is 0 Å². The van der Waals surface area contributed by atoms with Crippen LogP contribution in [0, 0.1) is 34.5 Å². The third kappa shape index (κ3) is 4.13. The van der Waals surface area contributed by atoms with Gasteiger partial charge in [-0.15, -0.1) is 0 Å². The Hall–Kier alpha value is -1.37. The number of nitriles is 1. The largest absolute Gasteiger partial charge is 0.338 e. The van der Waals surface area contributed by atoms with Gasteiger partial charge < -0.3 is 5.32 Å². The van der Waals surface area contributed by atoms with E-state index in [9.17, 15) is 14.9 Å². The van der Waals surface area contributed by atoms with Gasteiger partial charge in [0.1, 0.15) is 11.3 Å². The van der Waals surface area contributed by atoms with Crippen LogP contribution in [-0.4, -0.2) is 17.2 Å². The van der Waals surface area contributed by atoms with E-state index in [-0.39, 0.29) is 28.9 Å². The Bertz CT molecular complexity index is 504. The minimum atomic E-state index is -0.705. The number of nitrogens with one attached hydrogen (secondary N) is 1. The van der Waals surface area contributed by atoms with Crippen molar-refractivity contribution in [3.8, 4) is 6.07 Å². The molecule has 0 aliphatic heterocycles. The first-order valence-electron chi connectivity index (χ1n) is 8.93. The van der Waals surface area contributed by atoms with Gasteiger partial charge in [-0.1, -0.05) is 27.7 Å². The van der Waals surface area contributed by atoms with Crippen molar-refractivity contribution >= 4 is 11.7 Å². The predicted octanol–water partition coefficient (Wildman–Crippen LogP) is 3.61. The van der Waals surface area contributed by atoms with Gasteiger partial charge in [0.2, 0.25) is 5.91 Å². The molecule has 2 fully saturated rings. The van der Waals surface area contributed by atoms with E-state index in [1.165, 1.54) is 0 Å². The summed E-state index contributed by atoms with van der Waals surface area (Å²) < 4.78 is 0. The highest BCUT2D eigenvalue weighted by Gasteiger charge is 2.41. The van der Waals surface area contributed by atoms with Crippen LogP contribution in [0.2, 0.25) is 0 Å². The molecule has 1 amide bonds. The fraction of sp³-hybridized carbons (Fsp3) is 0.842. The molecule has 2 atom stereocenters. The molecule has 0 aromatic heterocycles.